The van der Waals surface area contributed by atoms with Crippen molar-refractivity contribution in [2.24, 2.45) is 5.92 Å². The van der Waals surface area contributed by atoms with E-state index >= 15 is 0 Å². The average Bonchev–Trinajstić information content (AvgIpc) is 2.81. The molecule has 2 aromatic heterocycles. The summed E-state index contributed by atoms with van der Waals surface area (Å²) in [5.74, 6) is -2.16. The number of hydrogen-bond donors (Lipinski definition) is 3. The Morgan fingerprint density at radius 1 is 1.14 bits per heavy atom. The number of imidazole rings is 1. The van der Waals surface area contributed by atoms with Crippen molar-refractivity contribution in [1.29, 1.82) is 0 Å². The molecule has 3 rings (SSSR count). The number of hydrogen-bond acceptors (Lipinski definition) is 4. The van der Waals surface area contributed by atoms with Crippen molar-refractivity contribution in [3.8, 4) is 0 Å². The van der Waals surface area contributed by atoms with E-state index in [9.17, 15) is 18.0 Å². The van der Waals surface area contributed by atoms with Gasteiger partial charge in [-0.2, -0.15) is 18.2 Å². The zero-order valence-electron chi connectivity index (χ0n) is 11.0. The maximum Gasteiger partial charge on any atom is 0.392 e. The van der Waals surface area contributed by atoms with E-state index in [-0.39, 0.29) is 29.4 Å². The average molecular weight is 301 g/mol. The Morgan fingerprint density at radius 2 is 1.86 bits per heavy atom. The van der Waals surface area contributed by atoms with Crippen molar-refractivity contribution in [3.63, 3.8) is 0 Å². The number of nitrogens with one attached hydrogen (secondary N) is 2. The maximum absolute atomic E-state index is 13.1. The molecule has 0 aliphatic heterocycles. The molecule has 21 heavy (non-hydrogen) atoms. The molecule has 1 aliphatic rings. The lowest BCUT2D eigenvalue weighted by Gasteiger charge is -2.31. The number of nitrogens with two attached hydrogens (primary N) is 1. The molecule has 4 N–H and O–H groups in total. The lowest BCUT2D eigenvalue weighted by atomic mass is 9.78. The number of rotatable bonds is 1. The summed E-state index contributed by atoms with van der Waals surface area (Å²) in [6.07, 6.45) is -2.55. The first-order valence-electron chi connectivity index (χ1n) is 6.68. The number of aromatic nitrogens is 4. The van der Waals surface area contributed by atoms with Crippen LogP contribution in [0, 0.1) is 5.92 Å². The molecular weight excluding hydrogens is 287 g/mol. The summed E-state index contributed by atoms with van der Waals surface area (Å²) in [6.45, 7) is 0. The van der Waals surface area contributed by atoms with Gasteiger partial charge in [-0.1, -0.05) is 12.8 Å². The number of halogens is 3. The fourth-order valence-electron chi connectivity index (χ4n) is 2.97. The van der Waals surface area contributed by atoms with Crippen LogP contribution in [0.3, 0.4) is 0 Å². The van der Waals surface area contributed by atoms with Crippen molar-refractivity contribution < 1.29 is 13.2 Å². The van der Waals surface area contributed by atoms with Crippen LogP contribution in [0.25, 0.3) is 11.2 Å². The van der Waals surface area contributed by atoms with E-state index in [4.69, 9.17) is 5.73 Å². The standard InChI is InChI=1S/C12H14F3N5O/c13-12(14,15)6-4-2-1-3-5(6)8-17-7-9(18-8)19-11(16)20-10(7)21/h5-6H,1-4H2,(H4,16,17,18,19,20,21). The molecule has 0 radical (unpaired) electrons. The highest BCUT2D eigenvalue weighted by Gasteiger charge is 2.47. The predicted molar refractivity (Wildman–Crippen MR) is 69.7 cm³/mol. The second kappa shape index (κ2) is 4.74. The van der Waals surface area contributed by atoms with E-state index in [0.29, 0.717) is 19.3 Å². The number of nitrogens with zero attached hydrogens (tertiary/aromatic N) is 2. The molecule has 9 heteroatoms. The third-order valence-corrected chi connectivity index (χ3v) is 3.94. The first-order chi connectivity index (χ1) is 9.86. The second-order valence-electron chi connectivity index (χ2n) is 5.31. The Balaban J connectivity index is 2.06. The molecule has 6 nitrogen and oxygen atoms in total. The molecule has 0 saturated heterocycles. The fourth-order valence-corrected chi connectivity index (χ4v) is 2.97. The van der Waals surface area contributed by atoms with Gasteiger partial charge in [0.25, 0.3) is 5.56 Å². The fraction of sp³-hybridized carbons (Fsp3) is 0.583. The quantitative estimate of drug-likeness (QED) is 0.750. The minimum Gasteiger partial charge on any atom is -0.369 e. The zero-order chi connectivity index (χ0) is 15.2. The van der Waals surface area contributed by atoms with Gasteiger partial charge >= 0.3 is 6.18 Å². The van der Waals surface area contributed by atoms with Crippen LogP contribution in [-0.4, -0.2) is 26.1 Å². The number of aromatic amines is 2. The first-order valence-corrected chi connectivity index (χ1v) is 6.68. The smallest absolute Gasteiger partial charge is 0.369 e. The summed E-state index contributed by atoms with van der Waals surface area (Å²) in [4.78, 5) is 24.6. The molecule has 0 spiro atoms. The van der Waals surface area contributed by atoms with Crippen molar-refractivity contribution in [2.45, 2.75) is 37.8 Å². The molecular formula is C12H14F3N5O. The van der Waals surface area contributed by atoms with Gasteiger partial charge in [0.05, 0.1) is 5.92 Å². The maximum atomic E-state index is 13.1. The van der Waals surface area contributed by atoms with Gasteiger partial charge in [0.15, 0.2) is 11.2 Å². The van der Waals surface area contributed by atoms with Gasteiger partial charge < -0.3 is 10.7 Å². The van der Waals surface area contributed by atoms with Crippen LogP contribution in [0.15, 0.2) is 4.79 Å². The number of alkyl halides is 3. The topological polar surface area (TPSA) is 100 Å². The van der Waals surface area contributed by atoms with Crippen molar-refractivity contribution in [3.05, 3.63) is 16.2 Å². The normalized spacial score (nSPS) is 23.6. The van der Waals surface area contributed by atoms with Crippen LogP contribution in [-0.2, 0) is 0 Å². The van der Waals surface area contributed by atoms with Gasteiger partial charge in [-0.05, 0) is 12.8 Å². The van der Waals surface area contributed by atoms with Crippen LogP contribution in [0.5, 0.6) is 0 Å². The van der Waals surface area contributed by atoms with Gasteiger partial charge in [-0.3, -0.25) is 9.78 Å². The third-order valence-electron chi connectivity index (χ3n) is 3.94. The van der Waals surface area contributed by atoms with Crippen molar-refractivity contribution in [1.82, 2.24) is 19.9 Å². The highest BCUT2D eigenvalue weighted by molar-refractivity contribution is 5.70. The zero-order valence-corrected chi connectivity index (χ0v) is 11.0. The van der Waals surface area contributed by atoms with E-state index in [2.05, 4.69) is 19.9 Å². The minimum absolute atomic E-state index is 0.0535. The molecule has 114 valence electrons. The molecule has 0 amide bonds. The summed E-state index contributed by atoms with van der Waals surface area (Å²) in [6, 6.07) is 0. The molecule has 1 fully saturated rings. The molecule has 2 aromatic rings. The van der Waals surface area contributed by atoms with E-state index in [0.717, 1.165) is 0 Å². The van der Waals surface area contributed by atoms with Crippen LogP contribution >= 0.6 is 0 Å². The molecule has 2 heterocycles. The Bertz CT molecular complexity index is 720. The third kappa shape index (κ3) is 2.47. The lowest BCUT2D eigenvalue weighted by molar-refractivity contribution is -0.187. The molecule has 1 aliphatic carbocycles. The molecule has 2 atom stereocenters. The van der Waals surface area contributed by atoms with Gasteiger partial charge in [-0.25, -0.2) is 4.98 Å². The molecule has 2 unspecified atom stereocenters. The highest BCUT2D eigenvalue weighted by Crippen LogP contribution is 2.45. The number of nitrogen functional groups attached to an aromatic ring is 1. The minimum atomic E-state index is -4.27. The van der Waals surface area contributed by atoms with Gasteiger partial charge in [-0.15, -0.1) is 0 Å². The summed E-state index contributed by atoms with van der Waals surface area (Å²) in [5, 5.41) is 0. The summed E-state index contributed by atoms with van der Waals surface area (Å²) < 4.78 is 39.4. The highest BCUT2D eigenvalue weighted by atomic mass is 19.4. The van der Waals surface area contributed by atoms with Crippen LogP contribution in [0.4, 0.5) is 19.1 Å². The Hall–Kier alpha value is -2.06. The monoisotopic (exact) mass is 301 g/mol. The lowest BCUT2D eigenvalue weighted by Crippen LogP contribution is -2.32. The first kappa shape index (κ1) is 13.9. The Kier molecular flexibility index (Phi) is 3.14. The summed E-state index contributed by atoms with van der Waals surface area (Å²) in [7, 11) is 0. The SMILES string of the molecule is Nc1nc2nc(C3CCCCC3C(F)(F)F)[nH]c2c(=O)[nH]1. The Morgan fingerprint density at radius 3 is 2.57 bits per heavy atom. The van der Waals surface area contributed by atoms with Crippen LogP contribution in [0.1, 0.15) is 37.4 Å². The number of H-pyrrole nitrogens is 2. The van der Waals surface area contributed by atoms with Crippen LogP contribution in [0.2, 0.25) is 0 Å². The van der Waals surface area contributed by atoms with E-state index < -0.39 is 23.6 Å². The molecule has 0 aromatic carbocycles. The Labute approximate surface area is 117 Å². The summed E-state index contributed by atoms with van der Waals surface area (Å²) in [5.41, 5.74) is 4.99. The predicted octanol–water partition coefficient (Wildman–Crippen LogP) is 2.06. The van der Waals surface area contributed by atoms with Crippen molar-refractivity contribution in [2.75, 3.05) is 5.73 Å². The van der Waals surface area contributed by atoms with E-state index in [1.165, 1.54) is 0 Å². The molecule has 1 saturated carbocycles. The largest absolute Gasteiger partial charge is 0.392 e. The van der Waals surface area contributed by atoms with Crippen LogP contribution < -0.4 is 11.3 Å². The summed E-state index contributed by atoms with van der Waals surface area (Å²) >= 11 is 0. The van der Waals surface area contributed by atoms with Gasteiger partial charge in [0, 0.05) is 5.92 Å². The number of anilines is 1. The molecule has 0 bridgehead atoms. The second-order valence-corrected chi connectivity index (χ2v) is 5.31. The van der Waals surface area contributed by atoms with Gasteiger partial charge in [0.2, 0.25) is 5.95 Å². The van der Waals surface area contributed by atoms with Crippen molar-refractivity contribution >= 4 is 17.1 Å². The van der Waals surface area contributed by atoms with Gasteiger partial charge in [0.1, 0.15) is 5.82 Å². The van der Waals surface area contributed by atoms with E-state index in [1.54, 1.807) is 0 Å². The number of fused-ring (bicyclic) bond motifs is 1. The van der Waals surface area contributed by atoms with E-state index in [1.807, 2.05) is 0 Å².